The first-order valence-corrected chi connectivity index (χ1v) is 11.9. The van der Waals surface area contributed by atoms with Crippen LogP contribution in [0.4, 0.5) is 5.69 Å². The van der Waals surface area contributed by atoms with Crippen LogP contribution >= 0.6 is 11.6 Å². The molecule has 0 unspecified atom stereocenters. The molecular weight excluding hydrogens is 474 g/mol. The minimum absolute atomic E-state index is 0.112. The van der Waals surface area contributed by atoms with Gasteiger partial charge in [0, 0.05) is 33.5 Å². The van der Waals surface area contributed by atoms with Crippen LogP contribution in [0.1, 0.15) is 20.7 Å². The van der Waals surface area contributed by atoms with Crippen molar-refractivity contribution in [3.05, 3.63) is 107 Å². The molecule has 0 fully saturated rings. The molecule has 0 aliphatic heterocycles. The van der Waals surface area contributed by atoms with Gasteiger partial charge in [-0.05, 0) is 48.5 Å². The van der Waals surface area contributed by atoms with Gasteiger partial charge in [0.2, 0.25) is 0 Å². The molecule has 3 N–H and O–H groups in total. The Morgan fingerprint density at radius 2 is 1.58 bits per heavy atom. The van der Waals surface area contributed by atoms with Gasteiger partial charge >= 0.3 is 0 Å². The lowest BCUT2D eigenvalue weighted by molar-refractivity contribution is 0.0686. The number of benzene rings is 4. The molecule has 1 amide bonds. The number of fused-ring (bicyclic) bond motifs is 3. The summed E-state index contributed by atoms with van der Waals surface area (Å²) < 4.78 is 5.99. The minimum atomic E-state index is -0.249. The highest BCUT2D eigenvalue weighted by Gasteiger charge is 2.20. The van der Waals surface area contributed by atoms with Crippen LogP contribution in [0.5, 0.6) is 5.75 Å². The van der Waals surface area contributed by atoms with Crippen molar-refractivity contribution in [1.29, 1.82) is 0 Å². The van der Waals surface area contributed by atoms with Crippen molar-refractivity contribution in [3.8, 4) is 5.75 Å². The molecule has 0 saturated carbocycles. The zero-order valence-corrected chi connectivity index (χ0v) is 20.2. The maximum absolute atomic E-state index is 13.2. The van der Waals surface area contributed by atoms with Crippen LogP contribution in [0.25, 0.3) is 21.8 Å². The number of aromatic amines is 1. The number of halogens is 1. The smallest absolute Gasteiger partial charge is 0.254 e. The maximum Gasteiger partial charge on any atom is 0.254 e. The molecule has 7 heteroatoms. The summed E-state index contributed by atoms with van der Waals surface area (Å²) in [6.45, 7) is 0.340. The zero-order valence-electron chi connectivity index (χ0n) is 19.4. The Morgan fingerprint density at radius 3 is 2.39 bits per heavy atom. The number of H-pyrrole nitrogens is 1. The third-order valence-electron chi connectivity index (χ3n) is 6.07. The first-order valence-electron chi connectivity index (χ1n) is 11.6. The molecule has 0 bridgehead atoms. The van der Waals surface area contributed by atoms with Crippen LogP contribution in [-0.2, 0) is 0 Å². The Morgan fingerprint density at radius 1 is 0.833 bits per heavy atom. The number of nitrogens with zero attached hydrogens (tertiary/aromatic N) is 1. The number of amides is 1. The highest BCUT2D eigenvalue weighted by molar-refractivity contribution is 6.33. The Bertz CT molecular complexity index is 1560. The minimum Gasteiger partial charge on any atom is -0.492 e. The quantitative estimate of drug-likeness (QED) is 0.204. The van der Waals surface area contributed by atoms with Gasteiger partial charge in [-0.2, -0.15) is 0 Å². The normalized spacial score (nSPS) is 11.0. The summed E-state index contributed by atoms with van der Waals surface area (Å²) in [5.74, 6) is 0.195. The van der Waals surface area contributed by atoms with Crippen molar-refractivity contribution >= 4 is 50.8 Å². The van der Waals surface area contributed by atoms with Gasteiger partial charge in [-0.15, -0.1) is 0 Å². The number of Topliss-reactive ketones (excluding diaryl/α,β-unsaturated/α-hetero) is 1. The van der Waals surface area contributed by atoms with Crippen molar-refractivity contribution < 1.29 is 14.3 Å². The summed E-state index contributed by atoms with van der Waals surface area (Å²) >= 11 is 5.99. The lowest BCUT2D eigenvalue weighted by atomic mass is 10.1. The van der Waals surface area contributed by atoms with E-state index >= 15 is 0 Å². The number of aromatic nitrogens is 1. The Labute approximate surface area is 213 Å². The third kappa shape index (κ3) is 4.90. The standard InChI is InChI=1S/C29H24ClN3O3/c30-24-13-10-20(16-25(24)31)28(34)18-33(29(35)19-6-2-1-3-7-19)14-15-36-21-11-12-23-22-8-4-5-9-26(22)32-27(23)17-21/h1-13,16-17,32H,14-15,18,31H2. The lowest BCUT2D eigenvalue weighted by Crippen LogP contribution is -2.38. The molecule has 180 valence electrons. The summed E-state index contributed by atoms with van der Waals surface area (Å²) in [4.78, 5) is 31.1. The maximum atomic E-state index is 13.2. The average molecular weight is 498 g/mol. The van der Waals surface area contributed by atoms with Crippen LogP contribution in [0.3, 0.4) is 0 Å². The molecule has 36 heavy (non-hydrogen) atoms. The van der Waals surface area contributed by atoms with E-state index in [2.05, 4.69) is 11.1 Å². The molecule has 1 aromatic heterocycles. The van der Waals surface area contributed by atoms with Gasteiger partial charge in [0.05, 0.1) is 29.3 Å². The predicted octanol–water partition coefficient (Wildman–Crippen LogP) is 5.96. The lowest BCUT2D eigenvalue weighted by Gasteiger charge is -2.22. The van der Waals surface area contributed by atoms with E-state index in [4.69, 9.17) is 22.1 Å². The van der Waals surface area contributed by atoms with Crippen LogP contribution < -0.4 is 10.5 Å². The van der Waals surface area contributed by atoms with Gasteiger partial charge in [0.1, 0.15) is 12.4 Å². The fraction of sp³-hybridized carbons (Fsp3) is 0.103. The second-order valence-electron chi connectivity index (χ2n) is 8.48. The number of carbonyl (C=O) groups excluding carboxylic acids is 2. The molecule has 6 nitrogen and oxygen atoms in total. The van der Waals surface area contributed by atoms with Gasteiger partial charge in [0.25, 0.3) is 5.91 Å². The fourth-order valence-corrected chi connectivity index (χ4v) is 4.31. The van der Waals surface area contributed by atoms with Gasteiger partial charge < -0.3 is 20.4 Å². The van der Waals surface area contributed by atoms with E-state index in [1.165, 1.54) is 11.0 Å². The molecule has 5 aromatic rings. The van der Waals surface area contributed by atoms with Gasteiger partial charge in [-0.25, -0.2) is 0 Å². The monoisotopic (exact) mass is 497 g/mol. The zero-order chi connectivity index (χ0) is 25.1. The van der Waals surface area contributed by atoms with E-state index < -0.39 is 0 Å². The van der Waals surface area contributed by atoms with Crippen LogP contribution in [-0.4, -0.2) is 41.3 Å². The van der Waals surface area contributed by atoms with Crippen LogP contribution in [0.15, 0.2) is 91.0 Å². The number of carbonyl (C=O) groups is 2. The van der Waals surface area contributed by atoms with Crippen molar-refractivity contribution in [1.82, 2.24) is 9.88 Å². The number of para-hydroxylation sites is 1. The summed E-state index contributed by atoms with van der Waals surface area (Å²) in [5.41, 5.74) is 9.11. The fourth-order valence-electron chi connectivity index (χ4n) is 4.19. The number of anilines is 1. The topological polar surface area (TPSA) is 88.4 Å². The van der Waals surface area contributed by atoms with Gasteiger partial charge in [-0.1, -0.05) is 48.0 Å². The van der Waals surface area contributed by atoms with Crippen molar-refractivity contribution in [2.75, 3.05) is 25.4 Å². The number of ether oxygens (including phenoxy) is 1. The van der Waals surface area contributed by atoms with Crippen molar-refractivity contribution in [2.24, 2.45) is 0 Å². The number of hydrogen-bond acceptors (Lipinski definition) is 4. The van der Waals surface area contributed by atoms with Gasteiger partial charge in [-0.3, -0.25) is 9.59 Å². The molecule has 1 heterocycles. The van der Waals surface area contributed by atoms with Crippen LogP contribution in [0.2, 0.25) is 5.02 Å². The van der Waals surface area contributed by atoms with E-state index in [-0.39, 0.29) is 31.4 Å². The molecule has 4 aromatic carbocycles. The molecule has 0 aliphatic rings. The first kappa shape index (κ1) is 23.5. The van der Waals surface area contributed by atoms with E-state index in [1.807, 2.05) is 42.5 Å². The third-order valence-corrected chi connectivity index (χ3v) is 6.41. The summed E-state index contributed by atoms with van der Waals surface area (Å²) in [7, 11) is 0. The number of nitrogens with one attached hydrogen (secondary N) is 1. The second-order valence-corrected chi connectivity index (χ2v) is 8.89. The average Bonchev–Trinajstić information content (AvgIpc) is 3.27. The van der Waals surface area contributed by atoms with Crippen molar-refractivity contribution in [2.45, 2.75) is 0 Å². The molecule has 5 rings (SSSR count). The summed E-state index contributed by atoms with van der Waals surface area (Å²) in [5, 5.41) is 2.65. The SMILES string of the molecule is Nc1cc(C(=O)CN(CCOc2ccc3c(c2)[nH]c2ccccc23)C(=O)c2ccccc2)ccc1Cl. The summed E-state index contributed by atoms with van der Waals surface area (Å²) in [6, 6.07) is 27.6. The Balaban J connectivity index is 1.32. The molecule has 0 aliphatic carbocycles. The molecule has 0 radical (unpaired) electrons. The van der Waals surface area contributed by atoms with E-state index in [0.29, 0.717) is 27.6 Å². The number of nitrogens with two attached hydrogens (primary N) is 1. The Kier molecular flexibility index (Phi) is 6.60. The molecule has 0 atom stereocenters. The van der Waals surface area contributed by atoms with E-state index in [1.54, 1.807) is 36.4 Å². The number of nitrogen functional groups attached to an aromatic ring is 1. The first-order chi connectivity index (χ1) is 17.5. The number of ketones is 1. The molecular formula is C29H24ClN3O3. The summed E-state index contributed by atoms with van der Waals surface area (Å²) in [6.07, 6.45) is 0. The van der Waals surface area contributed by atoms with Crippen molar-refractivity contribution in [3.63, 3.8) is 0 Å². The predicted molar refractivity (Wildman–Crippen MR) is 144 cm³/mol. The highest BCUT2D eigenvalue weighted by Crippen LogP contribution is 2.28. The Hall–Kier alpha value is -4.29. The van der Waals surface area contributed by atoms with E-state index in [9.17, 15) is 9.59 Å². The second kappa shape index (κ2) is 10.1. The number of rotatable bonds is 8. The van der Waals surface area contributed by atoms with Crippen LogP contribution in [0, 0.1) is 0 Å². The van der Waals surface area contributed by atoms with E-state index in [0.717, 1.165) is 21.8 Å². The molecule has 0 saturated heterocycles. The molecule has 0 spiro atoms. The van der Waals surface area contributed by atoms with Gasteiger partial charge in [0.15, 0.2) is 5.78 Å². The largest absolute Gasteiger partial charge is 0.492 e. The number of hydrogen-bond donors (Lipinski definition) is 2. The highest BCUT2D eigenvalue weighted by atomic mass is 35.5.